The number of benzene rings is 1. The van der Waals surface area contributed by atoms with Gasteiger partial charge in [-0.1, -0.05) is 0 Å². The average Bonchev–Trinajstić information content (AvgIpc) is 3.09. The molecule has 0 aliphatic rings. The highest BCUT2D eigenvalue weighted by atomic mass is 16.4. The van der Waals surface area contributed by atoms with Gasteiger partial charge in [0.1, 0.15) is 5.76 Å². The first kappa shape index (κ1) is 18.2. The molecule has 0 aliphatic heterocycles. The van der Waals surface area contributed by atoms with Gasteiger partial charge >= 0.3 is 17.8 Å². The van der Waals surface area contributed by atoms with Crippen LogP contribution in [0, 0.1) is 0 Å². The quantitative estimate of drug-likeness (QED) is 0.681. The first-order valence-electron chi connectivity index (χ1n) is 7.51. The molecule has 2 amide bonds. The van der Waals surface area contributed by atoms with Gasteiger partial charge in [-0.05, 0) is 50.5 Å². The van der Waals surface area contributed by atoms with Crippen molar-refractivity contribution in [2.24, 2.45) is 0 Å². The minimum Gasteiger partial charge on any atom is -0.478 e. The number of carboxylic acid groups (broad SMARTS) is 1. The fourth-order valence-electron chi connectivity index (χ4n) is 2.17. The van der Waals surface area contributed by atoms with E-state index in [1.807, 2.05) is 19.0 Å². The van der Waals surface area contributed by atoms with Crippen molar-refractivity contribution >= 4 is 23.5 Å². The van der Waals surface area contributed by atoms with Gasteiger partial charge in [0.15, 0.2) is 0 Å². The Kier molecular flexibility index (Phi) is 5.91. The van der Waals surface area contributed by atoms with Crippen LogP contribution in [0.4, 0.5) is 5.69 Å². The van der Waals surface area contributed by atoms with Crippen molar-refractivity contribution in [1.82, 2.24) is 10.2 Å². The molecule has 0 saturated heterocycles. The van der Waals surface area contributed by atoms with Crippen LogP contribution in [0.15, 0.2) is 47.1 Å². The second-order valence-electron chi connectivity index (χ2n) is 5.54. The number of hydrogen-bond acceptors (Lipinski definition) is 5. The number of aromatic carboxylic acids is 1. The molecule has 2 rings (SSSR count). The molecule has 0 saturated carbocycles. The van der Waals surface area contributed by atoms with E-state index in [0.29, 0.717) is 11.4 Å². The van der Waals surface area contributed by atoms with Crippen molar-refractivity contribution in [3.8, 4) is 0 Å². The minimum atomic E-state index is -1.07. The van der Waals surface area contributed by atoms with Crippen molar-refractivity contribution in [1.29, 1.82) is 0 Å². The van der Waals surface area contributed by atoms with Crippen LogP contribution in [-0.2, 0) is 9.59 Å². The second-order valence-corrected chi connectivity index (χ2v) is 5.54. The molecular formula is C17H19N3O5. The molecule has 1 unspecified atom stereocenters. The number of carbonyl (C=O) groups excluding carboxylic acids is 2. The SMILES string of the molecule is CN(C)C(CNC(=O)C(=O)Nc1ccc(C(=O)O)cc1)c1ccco1. The van der Waals surface area contributed by atoms with E-state index in [0.717, 1.165) is 0 Å². The Morgan fingerprint density at radius 3 is 2.32 bits per heavy atom. The lowest BCUT2D eigenvalue weighted by atomic mass is 10.2. The molecule has 0 bridgehead atoms. The van der Waals surface area contributed by atoms with E-state index in [4.69, 9.17) is 9.52 Å². The Hall–Kier alpha value is -3.13. The van der Waals surface area contributed by atoms with E-state index >= 15 is 0 Å². The van der Waals surface area contributed by atoms with Crippen LogP contribution in [0.25, 0.3) is 0 Å². The normalized spacial score (nSPS) is 11.8. The van der Waals surface area contributed by atoms with Crippen LogP contribution in [0.5, 0.6) is 0 Å². The standard InChI is InChI=1S/C17H19N3O5/c1-20(2)13(14-4-3-9-25-14)10-18-15(21)16(22)19-12-7-5-11(6-8-12)17(23)24/h3-9,13H,10H2,1-2H3,(H,18,21)(H,19,22)(H,23,24). The Balaban J connectivity index is 1.91. The predicted molar refractivity (Wildman–Crippen MR) is 90.2 cm³/mol. The molecule has 0 aliphatic carbocycles. The third-order valence-electron chi connectivity index (χ3n) is 3.55. The molecule has 3 N–H and O–H groups in total. The number of carboxylic acids is 1. The number of furan rings is 1. The number of rotatable bonds is 6. The molecule has 1 heterocycles. The van der Waals surface area contributed by atoms with Crippen molar-refractivity contribution in [3.05, 3.63) is 54.0 Å². The number of nitrogens with zero attached hydrogens (tertiary/aromatic N) is 1. The first-order chi connectivity index (χ1) is 11.9. The van der Waals surface area contributed by atoms with Gasteiger partial charge in [0.25, 0.3) is 0 Å². The second kappa shape index (κ2) is 8.11. The number of likely N-dealkylation sites (N-methyl/N-ethyl adjacent to an activating group) is 1. The number of anilines is 1. The summed E-state index contributed by atoms with van der Waals surface area (Å²) in [5.74, 6) is -2.01. The number of nitrogens with one attached hydrogen (secondary N) is 2. The van der Waals surface area contributed by atoms with Crippen molar-refractivity contribution in [2.75, 3.05) is 26.0 Å². The van der Waals surface area contributed by atoms with Gasteiger partial charge in [0.2, 0.25) is 0 Å². The van der Waals surface area contributed by atoms with E-state index in [9.17, 15) is 14.4 Å². The number of carbonyl (C=O) groups is 3. The Morgan fingerprint density at radius 1 is 1.12 bits per heavy atom. The molecule has 0 radical (unpaired) electrons. The fraction of sp³-hybridized carbons (Fsp3) is 0.235. The number of amides is 2. The largest absolute Gasteiger partial charge is 0.478 e. The smallest absolute Gasteiger partial charge is 0.335 e. The maximum absolute atomic E-state index is 12.0. The van der Waals surface area contributed by atoms with Gasteiger partial charge in [0, 0.05) is 12.2 Å². The molecule has 1 aromatic carbocycles. The molecular weight excluding hydrogens is 326 g/mol. The lowest BCUT2D eigenvalue weighted by molar-refractivity contribution is -0.136. The van der Waals surface area contributed by atoms with Gasteiger partial charge in [-0.15, -0.1) is 0 Å². The highest BCUT2D eigenvalue weighted by molar-refractivity contribution is 6.39. The maximum Gasteiger partial charge on any atom is 0.335 e. The topological polar surface area (TPSA) is 112 Å². The molecule has 2 aromatic rings. The zero-order valence-electron chi connectivity index (χ0n) is 13.9. The van der Waals surface area contributed by atoms with Crippen LogP contribution in [0.1, 0.15) is 22.2 Å². The van der Waals surface area contributed by atoms with Crippen LogP contribution in [0.3, 0.4) is 0 Å². The van der Waals surface area contributed by atoms with Crippen molar-refractivity contribution in [3.63, 3.8) is 0 Å². The summed E-state index contributed by atoms with van der Waals surface area (Å²) in [6.45, 7) is 0.199. The highest BCUT2D eigenvalue weighted by Gasteiger charge is 2.20. The first-order valence-corrected chi connectivity index (χ1v) is 7.51. The molecule has 132 valence electrons. The van der Waals surface area contributed by atoms with E-state index in [1.165, 1.54) is 24.3 Å². The third kappa shape index (κ3) is 4.92. The highest BCUT2D eigenvalue weighted by Crippen LogP contribution is 2.17. The minimum absolute atomic E-state index is 0.0923. The van der Waals surface area contributed by atoms with Crippen molar-refractivity contribution < 1.29 is 23.9 Å². The summed E-state index contributed by atoms with van der Waals surface area (Å²) < 4.78 is 5.33. The molecule has 1 atom stereocenters. The summed E-state index contributed by atoms with van der Waals surface area (Å²) in [4.78, 5) is 36.5. The zero-order valence-corrected chi connectivity index (χ0v) is 13.9. The van der Waals surface area contributed by atoms with Crippen molar-refractivity contribution in [2.45, 2.75) is 6.04 Å². The van der Waals surface area contributed by atoms with Crippen LogP contribution in [-0.4, -0.2) is 48.4 Å². The van der Waals surface area contributed by atoms with Gasteiger partial charge in [-0.25, -0.2) is 4.79 Å². The maximum atomic E-state index is 12.0. The third-order valence-corrected chi connectivity index (χ3v) is 3.55. The molecule has 25 heavy (non-hydrogen) atoms. The summed E-state index contributed by atoms with van der Waals surface area (Å²) >= 11 is 0. The van der Waals surface area contributed by atoms with Gasteiger partial charge in [0.05, 0.1) is 17.9 Å². The summed E-state index contributed by atoms with van der Waals surface area (Å²) in [6, 6.07) is 8.85. The predicted octanol–water partition coefficient (Wildman–Crippen LogP) is 1.34. The number of hydrogen-bond donors (Lipinski definition) is 3. The van der Waals surface area contributed by atoms with E-state index < -0.39 is 17.8 Å². The molecule has 8 nitrogen and oxygen atoms in total. The van der Waals surface area contributed by atoms with Gasteiger partial charge < -0.3 is 20.2 Å². The van der Waals surface area contributed by atoms with Gasteiger partial charge in [-0.3, -0.25) is 14.5 Å². The molecule has 1 aromatic heterocycles. The summed E-state index contributed by atoms with van der Waals surface area (Å²) in [6.07, 6.45) is 1.54. The Bertz CT molecular complexity index is 738. The molecule has 0 spiro atoms. The van der Waals surface area contributed by atoms with E-state index in [2.05, 4.69) is 10.6 Å². The Labute approximate surface area is 144 Å². The van der Waals surface area contributed by atoms with Crippen LogP contribution < -0.4 is 10.6 Å². The Morgan fingerprint density at radius 2 is 1.80 bits per heavy atom. The summed E-state index contributed by atoms with van der Waals surface area (Å²) in [5.41, 5.74) is 0.426. The van der Waals surface area contributed by atoms with Crippen LogP contribution in [0.2, 0.25) is 0 Å². The monoisotopic (exact) mass is 345 g/mol. The molecule has 8 heteroatoms. The van der Waals surface area contributed by atoms with Gasteiger partial charge in [-0.2, -0.15) is 0 Å². The molecule has 0 fully saturated rings. The summed E-state index contributed by atoms with van der Waals surface area (Å²) in [7, 11) is 3.67. The average molecular weight is 345 g/mol. The lowest BCUT2D eigenvalue weighted by Crippen LogP contribution is -2.40. The lowest BCUT2D eigenvalue weighted by Gasteiger charge is -2.22. The zero-order chi connectivity index (χ0) is 18.4. The van der Waals surface area contributed by atoms with E-state index in [1.54, 1.807) is 18.4 Å². The van der Waals surface area contributed by atoms with Crippen LogP contribution >= 0.6 is 0 Å². The fourth-order valence-corrected chi connectivity index (χ4v) is 2.17. The van der Waals surface area contributed by atoms with E-state index in [-0.39, 0.29) is 18.2 Å². The summed E-state index contributed by atoms with van der Waals surface area (Å²) in [5, 5.41) is 13.8.